The molecule has 8 rings (SSSR count). The Morgan fingerprint density at radius 3 is 0.821 bits per heavy atom. The van der Waals surface area contributed by atoms with Gasteiger partial charge in [-0.15, -0.1) is 0 Å². The number of nitrogens with one attached hydrogen (secondary N) is 4. The zero-order valence-electron chi connectivity index (χ0n) is 54.1. The monoisotopic (exact) mass is 1690 g/mol. The molecule has 4 amide bonds. The number of rotatable bonds is 14. The number of carbonyl (C=O) groups excluding carboxylic acids is 6. The van der Waals surface area contributed by atoms with Crippen molar-refractivity contribution in [2.75, 3.05) is 21.3 Å². The van der Waals surface area contributed by atoms with Crippen molar-refractivity contribution in [1.82, 2.24) is 0 Å². The molecule has 14 nitrogen and oxygen atoms in total. The second-order valence-corrected chi connectivity index (χ2v) is 25.1. The van der Waals surface area contributed by atoms with Crippen LogP contribution in [-0.4, -0.2) is 45.8 Å². The van der Waals surface area contributed by atoms with Gasteiger partial charge in [0.25, 0.3) is 47.3 Å². The number of phenolic OH excluding ortho intramolecular Hbond substituents is 2. The lowest BCUT2D eigenvalue weighted by Gasteiger charge is -2.17. The van der Waals surface area contributed by atoms with Gasteiger partial charge in [-0.05, 0) is 146 Å². The van der Waals surface area contributed by atoms with Crippen molar-refractivity contribution in [3.63, 3.8) is 0 Å². The first-order chi connectivity index (χ1) is 48.3. The van der Waals surface area contributed by atoms with Crippen molar-refractivity contribution in [3.05, 3.63) is 231 Å². The number of benzene rings is 8. The van der Waals surface area contributed by atoms with E-state index in [0.29, 0.717) is 85.2 Å². The van der Waals surface area contributed by atoms with Crippen molar-refractivity contribution >= 4 is 113 Å². The molecule has 0 aliphatic rings. The van der Waals surface area contributed by atoms with Crippen molar-refractivity contribution in [1.29, 1.82) is 0 Å². The Balaban J connectivity index is 0.000000254. The van der Waals surface area contributed by atoms with Gasteiger partial charge >= 0.3 is 36.6 Å². The molecular weight excluding hydrogens is 1640 g/mol. The van der Waals surface area contributed by atoms with Gasteiger partial charge in [-0.3, -0.25) is 28.8 Å². The normalized spacial score (nSPS) is 12.0. The fourth-order valence-corrected chi connectivity index (χ4v) is 9.55. The average Bonchev–Trinajstić information content (AvgIpc) is 0.815. The molecule has 0 fully saturated rings. The van der Waals surface area contributed by atoms with E-state index in [1.165, 1.54) is 54.6 Å². The lowest BCUT2D eigenvalue weighted by atomic mass is 10.0. The van der Waals surface area contributed by atoms with Crippen LogP contribution in [0, 0.1) is 0 Å². The zero-order valence-corrected chi connectivity index (χ0v) is 58.8. The Bertz CT molecular complexity index is 4210. The van der Waals surface area contributed by atoms with Crippen LogP contribution in [0.15, 0.2) is 155 Å². The molecule has 0 spiro atoms. The third kappa shape index (κ3) is 25.8. The standard InChI is InChI=1S/C18H13BrF5NO3.C18H13ClF5NO3.C16H11BrF5NO2.C16H11ClF5NO2/c2*1-9(26)28-15-4-3-12(19)8-14(15)16(27)25-13-6-10(17(2,20)21)5-11(7-13)18(22,23)24;2*1-15(18,19)8-4-9(16(20,21)22)6-11(5-8)23-14(25)12-7-10(17)2-3-13(12)24/h2*3-8H,1-2H3,(H,25,27);2*2-7,24H,1H3,(H,23,25). The highest BCUT2D eigenvalue weighted by Crippen LogP contribution is 2.43. The molecule has 106 heavy (non-hydrogen) atoms. The van der Waals surface area contributed by atoms with E-state index in [0.717, 1.165) is 56.3 Å². The van der Waals surface area contributed by atoms with Crippen LogP contribution in [0.5, 0.6) is 23.0 Å². The van der Waals surface area contributed by atoms with Gasteiger partial charge in [-0.1, -0.05) is 55.1 Å². The van der Waals surface area contributed by atoms with Crippen LogP contribution in [0.3, 0.4) is 0 Å². The van der Waals surface area contributed by atoms with Crippen molar-refractivity contribution < 1.29 is 136 Å². The molecule has 0 saturated heterocycles. The van der Waals surface area contributed by atoms with Crippen LogP contribution in [0.2, 0.25) is 10.0 Å². The maximum absolute atomic E-state index is 13.6. The molecule has 8 aromatic rings. The maximum atomic E-state index is 13.6. The molecule has 0 unspecified atom stereocenters. The molecule has 8 aromatic carbocycles. The number of halogens is 24. The second kappa shape index (κ2) is 33.8. The maximum Gasteiger partial charge on any atom is 0.416 e. The first-order valence-electron chi connectivity index (χ1n) is 28.9. The van der Waals surface area contributed by atoms with Crippen LogP contribution >= 0.6 is 55.1 Å². The minimum Gasteiger partial charge on any atom is -0.507 e. The minimum atomic E-state index is -4.90. The summed E-state index contributed by atoms with van der Waals surface area (Å²) in [5.41, 5.74) is -11.9. The first kappa shape index (κ1) is 87.0. The van der Waals surface area contributed by atoms with Gasteiger partial charge < -0.3 is 41.0 Å². The van der Waals surface area contributed by atoms with Gasteiger partial charge in [0.1, 0.15) is 23.0 Å². The van der Waals surface area contributed by atoms with Gasteiger partial charge in [0.15, 0.2) is 0 Å². The van der Waals surface area contributed by atoms with Crippen LogP contribution in [0.1, 0.15) is 127 Å². The predicted octanol–water partition coefficient (Wildman–Crippen LogP) is 22.4. The van der Waals surface area contributed by atoms with Crippen molar-refractivity contribution in [3.8, 4) is 23.0 Å². The number of carbonyl (C=O) groups is 6. The lowest BCUT2D eigenvalue weighted by Crippen LogP contribution is -2.17. The summed E-state index contributed by atoms with van der Waals surface area (Å²) >= 11 is 17.7. The summed E-state index contributed by atoms with van der Waals surface area (Å²) in [6.45, 7) is 3.96. The third-order valence-electron chi connectivity index (χ3n) is 13.4. The molecule has 0 aliphatic carbocycles. The van der Waals surface area contributed by atoms with Gasteiger partial charge in [0.05, 0.1) is 44.5 Å². The van der Waals surface area contributed by atoms with E-state index in [1.54, 1.807) is 0 Å². The summed E-state index contributed by atoms with van der Waals surface area (Å²) < 4.78 is 274. The Morgan fingerprint density at radius 1 is 0.321 bits per heavy atom. The smallest absolute Gasteiger partial charge is 0.416 e. The zero-order chi connectivity index (χ0) is 80.5. The van der Waals surface area contributed by atoms with Gasteiger partial charge in [0, 0.05) is 106 Å². The van der Waals surface area contributed by atoms with E-state index >= 15 is 0 Å². The molecule has 0 aliphatic heterocycles. The number of esters is 2. The van der Waals surface area contributed by atoms with E-state index < -0.39 is 163 Å². The van der Waals surface area contributed by atoms with Gasteiger partial charge in [-0.25, -0.2) is 35.1 Å². The van der Waals surface area contributed by atoms with E-state index in [1.807, 2.05) is 0 Å². The summed E-state index contributed by atoms with van der Waals surface area (Å²) in [7, 11) is 0. The van der Waals surface area contributed by atoms with E-state index in [-0.39, 0.29) is 43.8 Å². The Morgan fingerprint density at radius 2 is 0.538 bits per heavy atom. The highest BCUT2D eigenvalue weighted by atomic mass is 79.9. The Labute approximate surface area is 612 Å². The fourth-order valence-electron chi connectivity index (χ4n) is 8.49. The van der Waals surface area contributed by atoms with Crippen LogP contribution in [0.4, 0.5) is 111 Å². The number of hydrogen-bond acceptors (Lipinski definition) is 10. The largest absolute Gasteiger partial charge is 0.507 e. The summed E-state index contributed by atoms with van der Waals surface area (Å²) in [5, 5.41) is 27.9. The number of phenols is 2. The summed E-state index contributed by atoms with van der Waals surface area (Å²) in [6, 6.07) is 21.5. The molecule has 0 aromatic heterocycles. The molecule has 38 heteroatoms. The number of alkyl halides is 20. The molecule has 6 N–H and O–H groups in total. The fraction of sp³-hybridized carbons (Fsp3) is 0.206. The van der Waals surface area contributed by atoms with Crippen molar-refractivity contribution in [2.24, 2.45) is 0 Å². The molecular formula is C68H48Br2Cl2F20N4O10. The number of aromatic hydroxyl groups is 2. The van der Waals surface area contributed by atoms with E-state index in [4.69, 9.17) is 32.7 Å². The third-order valence-corrected chi connectivity index (χ3v) is 14.8. The van der Waals surface area contributed by atoms with Crippen LogP contribution in [-0.2, 0) is 58.0 Å². The average molecular weight is 1690 g/mol. The first-order valence-corrected chi connectivity index (χ1v) is 31.2. The second-order valence-electron chi connectivity index (χ2n) is 22.3. The number of anilines is 4. The SMILES string of the molecule is CC(=O)Oc1ccc(Br)cc1C(=O)Nc1cc(C(C)(F)F)cc(C(F)(F)F)c1.CC(=O)Oc1ccc(Cl)cc1C(=O)Nc1cc(C(C)(F)F)cc(C(F)(F)F)c1.CC(F)(F)c1cc(NC(=O)c2cc(Br)ccc2O)cc(C(F)(F)F)c1.CC(F)(F)c1cc(NC(=O)c2cc(Cl)ccc2O)cc(C(F)(F)F)c1. The summed E-state index contributed by atoms with van der Waals surface area (Å²) in [4.78, 5) is 71.5. The lowest BCUT2D eigenvalue weighted by molar-refractivity contribution is -0.138. The molecule has 0 saturated carbocycles. The van der Waals surface area contributed by atoms with Gasteiger partial charge in [0.2, 0.25) is 0 Å². The topological polar surface area (TPSA) is 209 Å². The minimum absolute atomic E-state index is 0.0888. The predicted molar refractivity (Wildman–Crippen MR) is 353 cm³/mol. The molecule has 568 valence electrons. The van der Waals surface area contributed by atoms with Gasteiger partial charge in [-0.2, -0.15) is 52.7 Å². The molecule has 0 heterocycles. The Hall–Kier alpha value is -9.68. The van der Waals surface area contributed by atoms with Crippen molar-refractivity contribution in [2.45, 2.75) is 89.9 Å². The molecule has 0 bridgehead atoms. The quantitative estimate of drug-likeness (QED) is 0.0345. The molecule has 0 atom stereocenters. The van der Waals surface area contributed by atoms with E-state index in [9.17, 15) is 127 Å². The number of hydrogen-bond donors (Lipinski definition) is 6. The Kier molecular flexibility index (Phi) is 27.8. The molecule has 0 radical (unpaired) electrons. The highest BCUT2D eigenvalue weighted by molar-refractivity contribution is 9.10. The van der Waals surface area contributed by atoms with E-state index in [2.05, 4.69) is 53.1 Å². The van der Waals surface area contributed by atoms with Crippen LogP contribution in [0.25, 0.3) is 0 Å². The highest BCUT2D eigenvalue weighted by Gasteiger charge is 2.39. The number of amides is 4. The van der Waals surface area contributed by atoms with Crippen LogP contribution < -0.4 is 30.7 Å². The summed E-state index contributed by atoms with van der Waals surface area (Å²) in [5.74, 6) is -20.7. The number of ether oxygens (including phenoxy) is 2. The summed E-state index contributed by atoms with van der Waals surface area (Å²) in [6.07, 6.45) is -19.5.